The highest BCUT2D eigenvalue weighted by Gasteiger charge is 2.18. The Hall–Kier alpha value is -4.46. The van der Waals surface area contributed by atoms with E-state index in [-0.39, 0.29) is 12.5 Å². The molecule has 2 aromatic carbocycles. The summed E-state index contributed by atoms with van der Waals surface area (Å²) < 4.78 is 13.3. The van der Waals surface area contributed by atoms with E-state index in [1.165, 1.54) is 0 Å². The SMILES string of the molecule is COc1ccc2c(OCc3nnc4ccc(-c5ccc6c(c5)CC(=O)N6)cn34)ccnc2c1. The molecule has 1 aliphatic heterocycles. The Morgan fingerprint density at radius 3 is 2.85 bits per heavy atom. The number of pyridine rings is 2. The molecule has 6 rings (SSSR count). The number of carbonyl (C=O) groups excluding carboxylic acids is 1. The number of rotatable bonds is 5. The summed E-state index contributed by atoms with van der Waals surface area (Å²) in [6.45, 7) is 0.248. The second kappa shape index (κ2) is 7.59. The molecule has 4 heterocycles. The monoisotopic (exact) mass is 437 g/mol. The molecule has 0 aliphatic carbocycles. The molecule has 8 heteroatoms. The third-order valence-electron chi connectivity index (χ3n) is 5.80. The van der Waals surface area contributed by atoms with Crippen molar-refractivity contribution >= 4 is 28.1 Å². The third-order valence-corrected chi connectivity index (χ3v) is 5.80. The molecular formula is C25H19N5O3. The van der Waals surface area contributed by atoms with Gasteiger partial charge < -0.3 is 14.8 Å². The second-order valence-electron chi connectivity index (χ2n) is 7.84. The van der Waals surface area contributed by atoms with E-state index >= 15 is 0 Å². The van der Waals surface area contributed by atoms with Crippen molar-refractivity contribution in [1.82, 2.24) is 19.6 Å². The molecule has 33 heavy (non-hydrogen) atoms. The second-order valence-corrected chi connectivity index (χ2v) is 7.84. The van der Waals surface area contributed by atoms with Crippen molar-refractivity contribution in [3.05, 3.63) is 78.4 Å². The van der Waals surface area contributed by atoms with E-state index in [0.717, 1.165) is 44.7 Å². The van der Waals surface area contributed by atoms with Crippen LogP contribution in [0.2, 0.25) is 0 Å². The third kappa shape index (κ3) is 3.41. The van der Waals surface area contributed by atoms with E-state index in [1.54, 1.807) is 13.3 Å². The molecular weight excluding hydrogens is 418 g/mol. The lowest BCUT2D eigenvalue weighted by atomic mass is 10.0. The highest BCUT2D eigenvalue weighted by atomic mass is 16.5. The predicted octanol–water partition coefficient (Wildman–Crippen LogP) is 4.03. The van der Waals surface area contributed by atoms with Gasteiger partial charge in [0.05, 0.1) is 19.0 Å². The van der Waals surface area contributed by atoms with Crippen LogP contribution in [0.25, 0.3) is 27.7 Å². The zero-order valence-electron chi connectivity index (χ0n) is 17.8. The van der Waals surface area contributed by atoms with Gasteiger partial charge in [0.15, 0.2) is 11.5 Å². The Labute approximate surface area is 188 Å². The number of amides is 1. The molecule has 1 amide bonds. The van der Waals surface area contributed by atoms with Crippen molar-refractivity contribution in [3.63, 3.8) is 0 Å². The molecule has 1 N–H and O–H groups in total. The normalized spacial score (nSPS) is 12.7. The Kier molecular flexibility index (Phi) is 4.43. The molecule has 0 atom stereocenters. The van der Waals surface area contributed by atoms with Crippen LogP contribution in [0, 0.1) is 0 Å². The predicted molar refractivity (Wildman–Crippen MR) is 123 cm³/mol. The van der Waals surface area contributed by atoms with Crippen LogP contribution in [0.1, 0.15) is 11.4 Å². The first-order valence-electron chi connectivity index (χ1n) is 10.5. The fraction of sp³-hybridized carbons (Fsp3) is 0.120. The van der Waals surface area contributed by atoms with Crippen LogP contribution >= 0.6 is 0 Å². The Bertz CT molecular complexity index is 1540. The summed E-state index contributed by atoms with van der Waals surface area (Å²) in [7, 11) is 1.63. The number of anilines is 1. The van der Waals surface area contributed by atoms with E-state index < -0.39 is 0 Å². The molecule has 5 aromatic rings. The molecule has 0 spiro atoms. The molecule has 0 fully saturated rings. The zero-order valence-corrected chi connectivity index (χ0v) is 17.8. The van der Waals surface area contributed by atoms with Gasteiger partial charge in [0.1, 0.15) is 18.1 Å². The summed E-state index contributed by atoms with van der Waals surface area (Å²) in [5.74, 6) is 2.17. The number of hydrogen-bond donors (Lipinski definition) is 1. The van der Waals surface area contributed by atoms with Gasteiger partial charge in [-0.05, 0) is 59.2 Å². The Morgan fingerprint density at radius 2 is 1.94 bits per heavy atom. The standard InChI is InChI=1S/C25H19N5O3/c1-32-18-4-5-19-21(12-18)26-9-8-22(19)33-14-24-29-28-23-7-3-16(13-30(23)24)15-2-6-20-17(10-15)11-25(31)27-20/h2-10,12-13H,11,14H2,1H3,(H,27,31). The van der Waals surface area contributed by atoms with Crippen molar-refractivity contribution < 1.29 is 14.3 Å². The summed E-state index contributed by atoms with van der Waals surface area (Å²) in [5, 5.41) is 12.4. The van der Waals surface area contributed by atoms with Crippen LogP contribution in [-0.2, 0) is 17.8 Å². The van der Waals surface area contributed by atoms with Crippen LogP contribution in [0.15, 0.2) is 67.0 Å². The summed E-state index contributed by atoms with van der Waals surface area (Å²) in [6.07, 6.45) is 4.11. The van der Waals surface area contributed by atoms with Crippen molar-refractivity contribution in [2.75, 3.05) is 12.4 Å². The van der Waals surface area contributed by atoms with Crippen molar-refractivity contribution in [1.29, 1.82) is 0 Å². The molecule has 3 aromatic heterocycles. The summed E-state index contributed by atoms with van der Waals surface area (Å²) in [6, 6.07) is 17.5. The number of carbonyl (C=O) groups is 1. The lowest BCUT2D eigenvalue weighted by Crippen LogP contribution is -2.03. The summed E-state index contributed by atoms with van der Waals surface area (Å²) in [4.78, 5) is 16.1. The first kappa shape index (κ1) is 19.2. The number of nitrogens with zero attached hydrogens (tertiary/aromatic N) is 4. The Morgan fingerprint density at radius 1 is 1.03 bits per heavy atom. The lowest BCUT2D eigenvalue weighted by Gasteiger charge is -2.10. The fourth-order valence-electron chi connectivity index (χ4n) is 4.11. The highest BCUT2D eigenvalue weighted by molar-refractivity contribution is 5.99. The quantitative estimate of drug-likeness (QED) is 0.447. The van der Waals surface area contributed by atoms with Crippen LogP contribution in [0.3, 0.4) is 0 Å². The molecule has 1 aliphatic rings. The van der Waals surface area contributed by atoms with Crippen LogP contribution in [0.4, 0.5) is 5.69 Å². The minimum absolute atomic E-state index is 0.0259. The lowest BCUT2D eigenvalue weighted by molar-refractivity contribution is -0.115. The van der Waals surface area contributed by atoms with E-state index in [9.17, 15) is 4.79 Å². The molecule has 0 saturated heterocycles. The number of methoxy groups -OCH3 is 1. The number of fused-ring (bicyclic) bond motifs is 3. The van der Waals surface area contributed by atoms with Gasteiger partial charge >= 0.3 is 0 Å². The van der Waals surface area contributed by atoms with Gasteiger partial charge in [0, 0.05) is 29.5 Å². The maximum atomic E-state index is 11.7. The molecule has 0 radical (unpaired) electrons. The molecule has 0 bridgehead atoms. The van der Waals surface area contributed by atoms with Gasteiger partial charge in [-0.25, -0.2) is 0 Å². The molecule has 0 saturated carbocycles. The average Bonchev–Trinajstić information content (AvgIpc) is 3.43. The molecule has 162 valence electrons. The maximum Gasteiger partial charge on any atom is 0.228 e. The van der Waals surface area contributed by atoms with Crippen LogP contribution in [0.5, 0.6) is 11.5 Å². The van der Waals surface area contributed by atoms with Crippen molar-refractivity contribution in [2.24, 2.45) is 0 Å². The minimum Gasteiger partial charge on any atom is -0.497 e. The smallest absolute Gasteiger partial charge is 0.228 e. The summed E-state index contributed by atoms with van der Waals surface area (Å²) in [5.41, 5.74) is 5.45. The van der Waals surface area contributed by atoms with Gasteiger partial charge in [0.25, 0.3) is 0 Å². The minimum atomic E-state index is 0.0259. The van der Waals surface area contributed by atoms with Crippen molar-refractivity contribution in [2.45, 2.75) is 13.0 Å². The van der Waals surface area contributed by atoms with Gasteiger partial charge in [-0.15, -0.1) is 10.2 Å². The number of hydrogen-bond acceptors (Lipinski definition) is 6. The largest absolute Gasteiger partial charge is 0.497 e. The summed E-state index contributed by atoms with van der Waals surface area (Å²) >= 11 is 0. The fourth-order valence-corrected chi connectivity index (χ4v) is 4.11. The van der Waals surface area contributed by atoms with E-state index in [4.69, 9.17) is 9.47 Å². The zero-order chi connectivity index (χ0) is 22.4. The highest BCUT2D eigenvalue weighted by Crippen LogP contribution is 2.30. The first-order chi connectivity index (χ1) is 16.2. The van der Waals surface area contributed by atoms with E-state index in [0.29, 0.717) is 18.0 Å². The Balaban J connectivity index is 1.30. The van der Waals surface area contributed by atoms with Gasteiger partial charge in [-0.2, -0.15) is 0 Å². The van der Waals surface area contributed by atoms with Crippen LogP contribution < -0.4 is 14.8 Å². The topological polar surface area (TPSA) is 90.6 Å². The van der Waals surface area contributed by atoms with E-state index in [1.807, 2.05) is 65.2 Å². The van der Waals surface area contributed by atoms with Crippen LogP contribution in [-0.4, -0.2) is 32.6 Å². The number of aromatic nitrogens is 4. The average molecular weight is 437 g/mol. The van der Waals surface area contributed by atoms with Crippen molar-refractivity contribution in [3.8, 4) is 22.6 Å². The number of benzene rings is 2. The number of nitrogens with one attached hydrogen (secondary N) is 1. The van der Waals surface area contributed by atoms with E-state index in [2.05, 4.69) is 20.5 Å². The van der Waals surface area contributed by atoms with Gasteiger partial charge in [-0.3, -0.25) is 14.2 Å². The van der Waals surface area contributed by atoms with Gasteiger partial charge in [-0.1, -0.05) is 6.07 Å². The molecule has 0 unspecified atom stereocenters. The molecule has 8 nitrogen and oxygen atoms in total. The maximum absolute atomic E-state index is 11.7. The first-order valence-corrected chi connectivity index (χ1v) is 10.5. The van der Waals surface area contributed by atoms with Gasteiger partial charge in [0.2, 0.25) is 5.91 Å². The number of ether oxygens (including phenoxy) is 2.